The van der Waals surface area contributed by atoms with Crippen molar-refractivity contribution in [3.05, 3.63) is 112 Å². The van der Waals surface area contributed by atoms with Crippen LogP contribution in [0, 0.1) is 24.1 Å². The second-order valence-electron chi connectivity index (χ2n) is 10.4. The topological polar surface area (TPSA) is 91.5 Å². The van der Waals surface area contributed by atoms with Gasteiger partial charge in [0.05, 0.1) is 40.7 Å². The maximum absolute atomic E-state index is 13.8. The van der Waals surface area contributed by atoms with Crippen LogP contribution >= 0.6 is 11.6 Å². The van der Waals surface area contributed by atoms with E-state index in [0.717, 1.165) is 17.5 Å². The highest BCUT2D eigenvalue weighted by molar-refractivity contribution is 6.32. The minimum atomic E-state index is -0.463. The van der Waals surface area contributed by atoms with Gasteiger partial charge in [-0.3, -0.25) is 4.98 Å². The van der Waals surface area contributed by atoms with Crippen LogP contribution in [0.3, 0.4) is 0 Å². The first-order valence-electron chi connectivity index (χ1n) is 13.6. The van der Waals surface area contributed by atoms with E-state index >= 15 is 0 Å². The summed E-state index contributed by atoms with van der Waals surface area (Å²) in [4.78, 5) is 4.67. The van der Waals surface area contributed by atoms with Crippen molar-refractivity contribution in [2.45, 2.75) is 52.2 Å². The van der Waals surface area contributed by atoms with Crippen molar-refractivity contribution in [3.8, 4) is 6.07 Å². The van der Waals surface area contributed by atoms with Gasteiger partial charge < -0.3 is 10.6 Å². The third-order valence-electron chi connectivity index (χ3n) is 7.12. The molecular weight excluding hydrogens is 537 g/mol. The molecule has 0 spiro atoms. The van der Waals surface area contributed by atoms with E-state index in [1.165, 1.54) is 17.7 Å². The van der Waals surface area contributed by atoms with Crippen molar-refractivity contribution < 1.29 is 4.39 Å². The molecule has 9 heteroatoms. The molecule has 2 N–H and O–H groups in total. The number of nitriles is 1. The van der Waals surface area contributed by atoms with Crippen molar-refractivity contribution >= 4 is 33.9 Å². The molecule has 208 valence electrons. The molecule has 3 aromatic carbocycles. The molecule has 0 aliphatic carbocycles. The maximum Gasteiger partial charge on any atom is 0.123 e. The second kappa shape index (κ2) is 11.9. The number of pyridine rings is 1. The molecule has 2 atom stereocenters. The molecule has 0 fully saturated rings. The third kappa shape index (κ3) is 6.01. The highest BCUT2D eigenvalue weighted by Crippen LogP contribution is 2.38. The number of benzene rings is 3. The Morgan fingerprint density at radius 3 is 2.37 bits per heavy atom. The zero-order chi connectivity index (χ0) is 29.1. The number of nitrogens with zero attached hydrogens (tertiary/aromatic N) is 5. The molecule has 0 bridgehead atoms. The van der Waals surface area contributed by atoms with Crippen LogP contribution in [0.5, 0.6) is 0 Å². The van der Waals surface area contributed by atoms with Gasteiger partial charge in [-0.05, 0) is 62.6 Å². The minimum Gasteiger partial charge on any atom is -0.377 e. The zero-order valence-corrected chi connectivity index (χ0v) is 24.1. The largest absolute Gasteiger partial charge is 0.377 e. The minimum absolute atomic E-state index is 0.0262. The predicted molar refractivity (Wildman–Crippen MR) is 162 cm³/mol. The van der Waals surface area contributed by atoms with E-state index in [1.54, 1.807) is 29.1 Å². The number of anilines is 2. The molecule has 0 aliphatic rings. The van der Waals surface area contributed by atoms with Crippen LogP contribution in [0.2, 0.25) is 5.02 Å². The first kappa shape index (κ1) is 28.1. The highest BCUT2D eigenvalue weighted by atomic mass is 35.5. The molecule has 0 amide bonds. The van der Waals surface area contributed by atoms with Gasteiger partial charge in [0.2, 0.25) is 0 Å². The molecule has 2 aromatic heterocycles. The third-order valence-corrected chi connectivity index (χ3v) is 7.34. The quantitative estimate of drug-likeness (QED) is 0.187. The van der Waals surface area contributed by atoms with Crippen molar-refractivity contribution in [1.82, 2.24) is 20.0 Å². The van der Waals surface area contributed by atoms with Crippen LogP contribution in [-0.4, -0.2) is 20.0 Å². The standard InChI is InChI=1S/C32H31ClFN7/c1-5-27(21-8-6-20(4)7-9-21)37-30-23(16-35)17-36-32-26(30)14-24(33)15-28(32)38-31(22-10-12-25(34)13-11-22)29-18-41(19(2)3)40-39-29/h6-15,17-19,27,31,38H,5H2,1-4H3,(H,36,37)/t27-,31+/m1/s1. The smallest absolute Gasteiger partial charge is 0.123 e. The fraction of sp³-hybridized carbons (Fsp3) is 0.250. The molecule has 0 radical (unpaired) electrons. The first-order valence-corrected chi connectivity index (χ1v) is 13.9. The molecule has 0 aliphatic heterocycles. The number of aryl methyl sites for hydroxylation is 1. The monoisotopic (exact) mass is 567 g/mol. The van der Waals surface area contributed by atoms with Crippen molar-refractivity contribution in [2.75, 3.05) is 10.6 Å². The lowest BCUT2D eigenvalue weighted by Gasteiger charge is -2.23. The van der Waals surface area contributed by atoms with E-state index in [9.17, 15) is 9.65 Å². The van der Waals surface area contributed by atoms with E-state index in [0.29, 0.717) is 38.6 Å². The fourth-order valence-electron chi connectivity index (χ4n) is 4.83. The molecule has 0 saturated heterocycles. The van der Waals surface area contributed by atoms with Crippen LogP contribution in [0.1, 0.15) is 73.3 Å². The summed E-state index contributed by atoms with van der Waals surface area (Å²) in [5, 5.41) is 27.0. The van der Waals surface area contributed by atoms with Crippen molar-refractivity contribution in [3.63, 3.8) is 0 Å². The number of hydrogen-bond acceptors (Lipinski definition) is 6. The summed E-state index contributed by atoms with van der Waals surface area (Å²) in [6.07, 6.45) is 4.26. The Bertz CT molecular complexity index is 1710. The van der Waals surface area contributed by atoms with Crippen molar-refractivity contribution in [1.29, 1.82) is 5.26 Å². The molecule has 5 aromatic rings. The summed E-state index contributed by atoms with van der Waals surface area (Å²) in [5.41, 5.74) is 6.14. The Kier molecular flexibility index (Phi) is 8.18. The van der Waals surface area contributed by atoms with Gasteiger partial charge in [-0.25, -0.2) is 9.07 Å². The van der Waals surface area contributed by atoms with Crippen LogP contribution in [-0.2, 0) is 0 Å². The Balaban J connectivity index is 1.61. The summed E-state index contributed by atoms with van der Waals surface area (Å²) in [7, 11) is 0. The van der Waals surface area contributed by atoms with Crippen LogP contribution < -0.4 is 10.6 Å². The van der Waals surface area contributed by atoms with Gasteiger partial charge >= 0.3 is 0 Å². The normalized spacial score (nSPS) is 12.7. The lowest BCUT2D eigenvalue weighted by atomic mass is 10.0. The van der Waals surface area contributed by atoms with E-state index in [-0.39, 0.29) is 17.9 Å². The Labute approximate surface area is 244 Å². The molecule has 0 unspecified atom stereocenters. The average molecular weight is 568 g/mol. The predicted octanol–water partition coefficient (Wildman–Crippen LogP) is 8.14. The Hall–Kier alpha value is -4.48. The Morgan fingerprint density at radius 2 is 1.73 bits per heavy atom. The van der Waals surface area contributed by atoms with Gasteiger partial charge in [0, 0.05) is 22.6 Å². The van der Waals surface area contributed by atoms with Gasteiger partial charge in [-0.2, -0.15) is 5.26 Å². The lowest BCUT2D eigenvalue weighted by Crippen LogP contribution is -2.14. The second-order valence-corrected chi connectivity index (χ2v) is 10.8. The SMILES string of the molecule is CC[C@@H](Nc1c(C#N)cnc2c(N[C@@H](c3ccc(F)cc3)c3cn(C(C)C)nn3)cc(Cl)cc12)c1ccc(C)cc1. The zero-order valence-electron chi connectivity index (χ0n) is 23.4. The fourth-order valence-corrected chi connectivity index (χ4v) is 5.04. The summed E-state index contributed by atoms with van der Waals surface area (Å²) < 4.78 is 15.6. The lowest BCUT2D eigenvalue weighted by molar-refractivity contribution is 0.514. The summed E-state index contributed by atoms with van der Waals surface area (Å²) >= 11 is 6.68. The van der Waals surface area contributed by atoms with E-state index in [1.807, 2.05) is 26.1 Å². The molecule has 2 heterocycles. The van der Waals surface area contributed by atoms with Crippen LogP contribution in [0.25, 0.3) is 10.9 Å². The van der Waals surface area contributed by atoms with Gasteiger partial charge in [0.1, 0.15) is 17.6 Å². The van der Waals surface area contributed by atoms with Gasteiger partial charge in [0.25, 0.3) is 0 Å². The first-order chi connectivity index (χ1) is 19.8. The number of aromatic nitrogens is 4. The van der Waals surface area contributed by atoms with Crippen molar-refractivity contribution in [2.24, 2.45) is 0 Å². The van der Waals surface area contributed by atoms with Crippen LogP contribution in [0.4, 0.5) is 15.8 Å². The summed E-state index contributed by atoms with van der Waals surface area (Å²) in [6, 6.07) is 20.2. The van der Waals surface area contributed by atoms with E-state index < -0.39 is 6.04 Å². The number of rotatable bonds is 9. The average Bonchev–Trinajstić information content (AvgIpc) is 3.46. The number of halogens is 2. The van der Waals surface area contributed by atoms with Gasteiger partial charge in [-0.1, -0.05) is 65.7 Å². The number of nitrogens with one attached hydrogen (secondary N) is 2. The Morgan fingerprint density at radius 1 is 1.02 bits per heavy atom. The van der Waals surface area contributed by atoms with E-state index in [2.05, 4.69) is 70.1 Å². The van der Waals surface area contributed by atoms with Crippen LogP contribution in [0.15, 0.2) is 73.1 Å². The molecular formula is C32H31ClFN7. The molecule has 41 heavy (non-hydrogen) atoms. The summed E-state index contributed by atoms with van der Waals surface area (Å²) in [6.45, 7) is 8.20. The maximum atomic E-state index is 13.8. The number of hydrogen-bond donors (Lipinski definition) is 2. The molecule has 7 nitrogen and oxygen atoms in total. The summed E-state index contributed by atoms with van der Waals surface area (Å²) in [5.74, 6) is -0.327. The molecule has 5 rings (SSSR count). The van der Waals surface area contributed by atoms with Gasteiger partial charge in [0.15, 0.2) is 0 Å². The highest BCUT2D eigenvalue weighted by Gasteiger charge is 2.22. The number of fused-ring (bicyclic) bond motifs is 1. The molecule has 0 saturated carbocycles. The van der Waals surface area contributed by atoms with E-state index in [4.69, 9.17) is 11.6 Å². The van der Waals surface area contributed by atoms with Gasteiger partial charge in [-0.15, -0.1) is 5.10 Å².